The van der Waals surface area contributed by atoms with Gasteiger partial charge in [-0.05, 0) is 6.08 Å². The summed E-state index contributed by atoms with van der Waals surface area (Å²) in [6.45, 7) is 3.86. The van der Waals surface area contributed by atoms with Gasteiger partial charge in [0.15, 0.2) is 0 Å². The number of hydrogen-bond acceptors (Lipinski definition) is 5. The highest BCUT2D eigenvalue weighted by Crippen LogP contribution is 1.97. The number of nitrogens with two attached hydrogens (primary N) is 3. The van der Waals surface area contributed by atoms with Crippen LogP contribution in [0.3, 0.4) is 0 Å². The maximum Gasteiger partial charge on any atom is 0.0921 e. The van der Waals surface area contributed by atoms with Crippen LogP contribution in [0.4, 0.5) is 0 Å². The molecule has 0 aromatic heterocycles. The van der Waals surface area contributed by atoms with Gasteiger partial charge in [-0.3, -0.25) is 4.90 Å². The summed E-state index contributed by atoms with van der Waals surface area (Å²) in [6, 6.07) is 0. The summed E-state index contributed by atoms with van der Waals surface area (Å²) >= 11 is 0. The molecule has 0 spiro atoms. The standard InChI is InChI=1S/C7H17N5/c8-6(9)5-7(10)12-3-1-11-2-4-12/h5,7,11H,1-4,8-10H2. The van der Waals surface area contributed by atoms with E-state index < -0.39 is 0 Å². The van der Waals surface area contributed by atoms with Crippen molar-refractivity contribution in [2.75, 3.05) is 26.2 Å². The van der Waals surface area contributed by atoms with Crippen LogP contribution in [-0.2, 0) is 0 Å². The topological polar surface area (TPSA) is 93.3 Å². The van der Waals surface area contributed by atoms with Crippen LogP contribution in [-0.4, -0.2) is 37.2 Å². The van der Waals surface area contributed by atoms with Gasteiger partial charge < -0.3 is 22.5 Å². The van der Waals surface area contributed by atoms with Gasteiger partial charge in [0.1, 0.15) is 0 Å². The minimum atomic E-state index is -0.142. The van der Waals surface area contributed by atoms with E-state index in [1.165, 1.54) is 0 Å². The molecule has 0 saturated carbocycles. The van der Waals surface area contributed by atoms with Crippen LogP contribution in [0.1, 0.15) is 0 Å². The third kappa shape index (κ3) is 2.69. The molecule has 0 radical (unpaired) electrons. The summed E-state index contributed by atoms with van der Waals surface area (Å²) in [6.07, 6.45) is 1.53. The first-order valence-corrected chi connectivity index (χ1v) is 4.13. The Morgan fingerprint density at radius 1 is 1.33 bits per heavy atom. The van der Waals surface area contributed by atoms with E-state index in [1.807, 2.05) is 0 Å². The molecule has 5 nitrogen and oxygen atoms in total. The number of nitrogens with one attached hydrogen (secondary N) is 1. The van der Waals surface area contributed by atoms with Crippen LogP contribution in [0, 0.1) is 0 Å². The average Bonchev–Trinajstić information content (AvgIpc) is 2.05. The highest BCUT2D eigenvalue weighted by atomic mass is 15.3. The first kappa shape index (κ1) is 9.31. The number of nitrogens with zero attached hydrogens (tertiary/aromatic N) is 1. The molecule has 0 aliphatic carbocycles. The van der Waals surface area contributed by atoms with Gasteiger partial charge in [-0.15, -0.1) is 0 Å². The van der Waals surface area contributed by atoms with Gasteiger partial charge in [-0.1, -0.05) is 0 Å². The van der Waals surface area contributed by atoms with E-state index in [1.54, 1.807) is 6.08 Å². The molecule has 0 aromatic carbocycles. The number of rotatable bonds is 2. The minimum absolute atomic E-state index is 0.142. The second-order valence-corrected chi connectivity index (χ2v) is 2.94. The Morgan fingerprint density at radius 2 is 1.92 bits per heavy atom. The lowest BCUT2D eigenvalue weighted by Gasteiger charge is -2.30. The molecule has 7 N–H and O–H groups in total. The van der Waals surface area contributed by atoms with Crippen LogP contribution in [0.5, 0.6) is 0 Å². The molecule has 1 aliphatic heterocycles. The lowest BCUT2D eigenvalue weighted by atomic mass is 10.3. The van der Waals surface area contributed by atoms with Crippen molar-refractivity contribution in [1.29, 1.82) is 0 Å². The Morgan fingerprint density at radius 3 is 2.42 bits per heavy atom. The van der Waals surface area contributed by atoms with E-state index in [2.05, 4.69) is 10.2 Å². The fraction of sp³-hybridized carbons (Fsp3) is 0.714. The zero-order valence-electron chi connectivity index (χ0n) is 7.16. The average molecular weight is 171 g/mol. The zero-order valence-corrected chi connectivity index (χ0v) is 7.16. The Bertz CT molecular complexity index is 157. The van der Waals surface area contributed by atoms with Gasteiger partial charge in [-0.2, -0.15) is 0 Å². The van der Waals surface area contributed by atoms with Crippen LogP contribution in [0.25, 0.3) is 0 Å². The quantitative estimate of drug-likeness (QED) is 0.383. The first-order valence-electron chi connectivity index (χ1n) is 4.13. The van der Waals surface area contributed by atoms with E-state index in [9.17, 15) is 0 Å². The summed E-state index contributed by atoms with van der Waals surface area (Å²) in [7, 11) is 0. The molecule has 1 saturated heterocycles. The van der Waals surface area contributed by atoms with Crippen molar-refractivity contribution in [3.8, 4) is 0 Å². The number of piperazine rings is 1. The summed E-state index contributed by atoms with van der Waals surface area (Å²) in [5.74, 6) is 0.293. The summed E-state index contributed by atoms with van der Waals surface area (Å²) in [5.41, 5.74) is 16.4. The lowest BCUT2D eigenvalue weighted by Crippen LogP contribution is -2.51. The molecule has 1 heterocycles. The molecule has 12 heavy (non-hydrogen) atoms. The molecular weight excluding hydrogens is 154 g/mol. The molecule has 0 aromatic rings. The molecule has 1 atom stereocenters. The van der Waals surface area contributed by atoms with Crippen molar-refractivity contribution in [3.63, 3.8) is 0 Å². The van der Waals surface area contributed by atoms with E-state index in [4.69, 9.17) is 17.2 Å². The van der Waals surface area contributed by atoms with Crippen molar-refractivity contribution in [2.24, 2.45) is 17.2 Å². The lowest BCUT2D eigenvalue weighted by molar-refractivity contribution is 0.205. The Labute approximate surface area is 72.6 Å². The smallest absolute Gasteiger partial charge is 0.0921 e. The van der Waals surface area contributed by atoms with Gasteiger partial charge in [0, 0.05) is 26.2 Å². The highest BCUT2D eigenvalue weighted by Gasteiger charge is 2.14. The molecule has 0 amide bonds. The molecule has 1 aliphatic rings. The molecule has 0 bridgehead atoms. The van der Waals surface area contributed by atoms with E-state index in [-0.39, 0.29) is 6.17 Å². The predicted octanol–water partition coefficient (Wildman–Crippen LogP) is -2.06. The van der Waals surface area contributed by atoms with Crippen LogP contribution in [0.15, 0.2) is 11.9 Å². The van der Waals surface area contributed by atoms with E-state index >= 15 is 0 Å². The number of hydrogen-bond donors (Lipinski definition) is 4. The minimum Gasteiger partial charge on any atom is -0.386 e. The maximum absolute atomic E-state index is 5.81. The zero-order chi connectivity index (χ0) is 8.97. The van der Waals surface area contributed by atoms with Gasteiger partial charge in [-0.25, -0.2) is 0 Å². The Balaban J connectivity index is 2.39. The molecule has 1 rings (SSSR count). The van der Waals surface area contributed by atoms with Crippen LogP contribution in [0.2, 0.25) is 0 Å². The second-order valence-electron chi connectivity index (χ2n) is 2.94. The largest absolute Gasteiger partial charge is 0.386 e. The van der Waals surface area contributed by atoms with Crippen molar-refractivity contribution in [3.05, 3.63) is 11.9 Å². The maximum atomic E-state index is 5.81. The Kier molecular flexibility index (Phi) is 3.33. The molecule has 70 valence electrons. The van der Waals surface area contributed by atoms with E-state index in [0.717, 1.165) is 26.2 Å². The van der Waals surface area contributed by atoms with Crippen molar-refractivity contribution in [1.82, 2.24) is 10.2 Å². The van der Waals surface area contributed by atoms with Crippen molar-refractivity contribution < 1.29 is 0 Å². The molecule has 5 heteroatoms. The molecule has 1 fully saturated rings. The third-order valence-electron chi connectivity index (χ3n) is 1.94. The van der Waals surface area contributed by atoms with Crippen LogP contribution < -0.4 is 22.5 Å². The highest BCUT2D eigenvalue weighted by molar-refractivity contribution is 4.97. The van der Waals surface area contributed by atoms with Crippen molar-refractivity contribution >= 4 is 0 Å². The summed E-state index contributed by atoms with van der Waals surface area (Å²) < 4.78 is 0. The van der Waals surface area contributed by atoms with Gasteiger partial charge in [0.2, 0.25) is 0 Å². The summed E-state index contributed by atoms with van der Waals surface area (Å²) in [4.78, 5) is 2.14. The molecular formula is C7H17N5. The summed E-state index contributed by atoms with van der Waals surface area (Å²) in [5, 5.41) is 3.24. The Hall–Kier alpha value is -0.780. The van der Waals surface area contributed by atoms with Crippen LogP contribution >= 0.6 is 0 Å². The molecule has 1 unspecified atom stereocenters. The van der Waals surface area contributed by atoms with Crippen molar-refractivity contribution in [2.45, 2.75) is 6.17 Å². The normalized spacial score (nSPS) is 21.8. The monoisotopic (exact) mass is 171 g/mol. The third-order valence-corrected chi connectivity index (χ3v) is 1.94. The second kappa shape index (κ2) is 4.30. The predicted molar refractivity (Wildman–Crippen MR) is 48.9 cm³/mol. The fourth-order valence-corrected chi connectivity index (χ4v) is 1.28. The SMILES string of the molecule is NC(N)=CC(N)N1CCNCC1. The first-order chi connectivity index (χ1) is 5.70. The fourth-order valence-electron chi connectivity index (χ4n) is 1.28. The van der Waals surface area contributed by atoms with Gasteiger partial charge in [0.05, 0.1) is 12.0 Å². The van der Waals surface area contributed by atoms with E-state index in [0.29, 0.717) is 5.82 Å². The van der Waals surface area contributed by atoms with Gasteiger partial charge >= 0.3 is 0 Å². The van der Waals surface area contributed by atoms with Gasteiger partial charge in [0.25, 0.3) is 0 Å².